The number of nitrogens with zero attached hydrogens (tertiary/aromatic N) is 2. The fourth-order valence-electron chi connectivity index (χ4n) is 1.64. The van der Waals surface area contributed by atoms with Crippen LogP contribution in [-0.4, -0.2) is 69.1 Å². The molecule has 0 aromatic heterocycles. The number of likely N-dealkylation sites (N-methyl/N-ethyl adjacent to an activating group) is 2. The van der Waals surface area contributed by atoms with Crippen molar-refractivity contribution in [2.24, 2.45) is 0 Å². The molecule has 0 N–H and O–H groups in total. The second kappa shape index (κ2) is 12.3. The highest BCUT2D eigenvalue weighted by Crippen LogP contribution is 1.89. The van der Waals surface area contributed by atoms with E-state index in [-0.39, 0.29) is 0 Å². The normalized spacial score (nSPS) is 11.6. The number of rotatable bonds is 12. The quantitative estimate of drug-likeness (QED) is 0.386. The molecule has 17 heavy (non-hydrogen) atoms. The van der Waals surface area contributed by atoms with Crippen LogP contribution in [0.3, 0.4) is 0 Å². The van der Waals surface area contributed by atoms with Gasteiger partial charge < -0.3 is 19.3 Å². The fourth-order valence-corrected chi connectivity index (χ4v) is 1.64. The van der Waals surface area contributed by atoms with E-state index in [9.17, 15) is 0 Å². The molecule has 0 atom stereocenters. The largest absolute Gasteiger partial charge is 0.354 e. The minimum Gasteiger partial charge on any atom is -0.354 e. The highest BCUT2D eigenvalue weighted by atomic mass is 16.7. The molecule has 0 saturated carbocycles. The van der Waals surface area contributed by atoms with Gasteiger partial charge in [-0.25, -0.2) is 0 Å². The monoisotopic (exact) mass is 246 g/mol. The van der Waals surface area contributed by atoms with Gasteiger partial charge in [0.05, 0.1) is 13.2 Å². The predicted molar refractivity (Wildman–Crippen MR) is 72.3 cm³/mol. The predicted octanol–water partition coefficient (Wildman–Crippen LogP) is 1.66. The maximum atomic E-state index is 5.43. The van der Waals surface area contributed by atoms with Crippen molar-refractivity contribution < 1.29 is 9.47 Å². The molecule has 0 radical (unpaired) electrons. The van der Waals surface area contributed by atoms with Gasteiger partial charge in [0.2, 0.25) is 0 Å². The summed E-state index contributed by atoms with van der Waals surface area (Å²) < 4.78 is 10.9. The van der Waals surface area contributed by atoms with Crippen molar-refractivity contribution in [2.75, 3.05) is 59.3 Å². The molecule has 0 heterocycles. The van der Waals surface area contributed by atoms with Crippen molar-refractivity contribution in [3.05, 3.63) is 0 Å². The van der Waals surface area contributed by atoms with Gasteiger partial charge >= 0.3 is 0 Å². The van der Waals surface area contributed by atoms with E-state index in [0.717, 1.165) is 52.5 Å². The first kappa shape index (κ1) is 16.8. The Morgan fingerprint density at radius 1 is 0.647 bits per heavy atom. The standard InChI is InChI=1S/C13H30N2O2/c1-5-14(6-2)9-11-16-13-17-12-10-15(7-3)8-4/h5-13H2,1-4H3. The Bertz CT molecular complexity index is 132. The molecule has 0 fully saturated rings. The lowest BCUT2D eigenvalue weighted by molar-refractivity contribution is -0.0619. The first-order valence-electron chi connectivity index (χ1n) is 6.88. The van der Waals surface area contributed by atoms with Gasteiger partial charge in [0.1, 0.15) is 6.79 Å². The lowest BCUT2D eigenvalue weighted by Gasteiger charge is -2.19. The van der Waals surface area contributed by atoms with E-state index in [4.69, 9.17) is 9.47 Å². The Balaban J connectivity index is 3.23. The highest BCUT2D eigenvalue weighted by Gasteiger charge is 1.99. The van der Waals surface area contributed by atoms with Gasteiger partial charge in [0.25, 0.3) is 0 Å². The van der Waals surface area contributed by atoms with Crippen LogP contribution in [0.4, 0.5) is 0 Å². The van der Waals surface area contributed by atoms with Gasteiger partial charge in [-0.1, -0.05) is 27.7 Å². The summed E-state index contributed by atoms with van der Waals surface area (Å²) in [6.07, 6.45) is 0. The SMILES string of the molecule is CCN(CC)CCOCOCCN(CC)CC. The van der Waals surface area contributed by atoms with Crippen LogP contribution in [0.2, 0.25) is 0 Å². The van der Waals surface area contributed by atoms with Gasteiger partial charge in [-0.3, -0.25) is 0 Å². The topological polar surface area (TPSA) is 24.9 Å². The molecule has 104 valence electrons. The molecule has 0 bridgehead atoms. The summed E-state index contributed by atoms with van der Waals surface area (Å²) in [5.74, 6) is 0. The fraction of sp³-hybridized carbons (Fsp3) is 1.00. The van der Waals surface area contributed by atoms with E-state index in [2.05, 4.69) is 37.5 Å². The van der Waals surface area contributed by atoms with Crippen molar-refractivity contribution in [3.8, 4) is 0 Å². The Morgan fingerprint density at radius 2 is 1.00 bits per heavy atom. The molecule has 0 rings (SSSR count). The Labute approximate surface area is 107 Å². The maximum Gasteiger partial charge on any atom is 0.146 e. The second-order valence-corrected chi connectivity index (χ2v) is 3.99. The molecule has 4 nitrogen and oxygen atoms in total. The van der Waals surface area contributed by atoms with Crippen molar-refractivity contribution in [2.45, 2.75) is 27.7 Å². The lowest BCUT2D eigenvalue weighted by atomic mass is 10.5. The molecule has 0 aliphatic rings. The Morgan fingerprint density at radius 3 is 1.29 bits per heavy atom. The van der Waals surface area contributed by atoms with Gasteiger partial charge in [-0.05, 0) is 26.2 Å². The van der Waals surface area contributed by atoms with Crippen LogP contribution in [0.1, 0.15) is 27.7 Å². The molecule has 0 aromatic rings. The van der Waals surface area contributed by atoms with Crippen molar-refractivity contribution in [1.82, 2.24) is 9.80 Å². The van der Waals surface area contributed by atoms with Crippen molar-refractivity contribution in [3.63, 3.8) is 0 Å². The Hall–Kier alpha value is -0.160. The van der Waals surface area contributed by atoms with Crippen LogP contribution in [0.25, 0.3) is 0 Å². The smallest absolute Gasteiger partial charge is 0.146 e. The third-order valence-electron chi connectivity index (χ3n) is 3.06. The zero-order chi connectivity index (χ0) is 12.9. The zero-order valence-corrected chi connectivity index (χ0v) is 12.1. The van der Waals surface area contributed by atoms with E-state index >= 15 is 0 Å². The second-order valence-electron chi connectivity index (χ2n) is 3.99. The molecular formula is C13H30N2O2. The molecule has 0 unspecified atom stereocenters. The van der Waals surface area contributed by atoms with Crippen molar-refractivity contribution >= 4 is 0 Å². The minimum atomic E-state index is 0.419. The first-order valence-corrected chi connectivity index (χ1v) is 6.88. The summed E-state index contributed by atoms with van der Waals surface area (Å²) in [4.78, 5) is 4.69. The molecule has 0 amide bonds. The molecule has 4 heteroatoms. The van der Waals surface area contributed by atoms with Gasteiger partial charge in [-0.2, -0.15) is 0 Å². The van der Waals surface area contributed by atoms with Crippen LogP contribution in [-0.2, 0) is 9.47 Å². The van der Waals surface area contributed by atoms with Crippen LogP contribution in [0.15, 0.2) is 0 Å². The van der Waals surface area contributed by atoms with E-state index in [1.807, 2.05) is 0 Å². The number of hydrogen-bond donors (Lipinski definition) is 0. The van der Waals surface area contributed by atoms with Crippen molar-refractivity contribution in [1.29, 1.82) is 0 Å². The molecular weight excluding hydrogens is 216 g/mol. The lowest BCUT2D eigenvalue weighted by Crippen LogP contribution is -2.28. The van der Waals surface area contributed by atoms with Gasteiger partial charge in [-0.15, -0.1) is 0 Å². The van der Waals surface area contributed by atoms with Crippen LogP contribution < -0.4 is 0 Å². The summed E-state index contributed by atoms with van der Waals surface area (Å²) in [5.41, 5.74) is 0. The van der Waals surface area contributed by atoms with Crippen LogP contribution in [0.5, 0.6) is 0 Å². The van der Waals surface area contributed by atoms with Gasteiger partial charge in [0, 0.05) is 13.1 Å². The summed E-state index contributed by atoms with van der Waals surface area (Å²) >= 11 is 0. The Kier molecular flexibility index (Phi) is 12.2. The summed E-state index contributed by atoms with van der Waals surface area (Å²) in [6.45, 7) is 16.9. The molecule has 0 spiro atoms. The highest BCUT2D eigenvalue weighted by molar-refractivity contribution is 4.50. The van der Waals surface area contributed by atoms with E-state index in [1.165, 1.54) is 0 Å². The van der Waals surface area contributed by atoms with Crippen LogP contribution >= 0.6 is 0 Å². The maximum absolute atomic E-state index is 5.43. The summed E-state index contributed by atoms with van der Waals surface area (Å²) in [5, 5.41) is 0. The van der Waals surface area contributed by atoms with Crippen LogP contribution in [0, 0.1) is 0 Å². The molecule has 0 aromatic carbocycles. The van der Waals surface area contributed by atoms with E-state index < -0.39 is 0 Å². The minimum absolute atomic E-state index is 0.419. The van der Waals surface area contributed by atoms with Gasteiger partial charge in [0.15, 0.2) is 0 Å². The molecule has 0 aliphatic heterocycles. The molecule has 0 aliphatic carbocycles. The average molecular weight is 246 g/mol. The summed E-state index contributed by atoms with van der Waals surface area (Å²) in [7, 11) is 0. The van der Waals surface area contributed by atoms with E-state index in [1.54, 1.807) is 0 Å². The average Bonchev–Trinajstić information content (AvgIpc) is 2.37. The van der Waals surface area contributed by atoms with E-state index in [0.29, 0.717) is 6.79 Å². The zero-order valence-electron chi connectivity index (χ0n) is 12.1. The first-order chi connectivity index (χ1) is 8.28. The third-order valence-corrected chi connectivity index (χ3v) is 3.06. The summed E-state index contributed by atoms with van der Waals surface area (Å²) in [6, 6.07) is 0. The third kappa shape index (κ3) is 9.53. The molecule has 0 saturated heterocycles. The number of hydrogen-bond acceptors (Lipinski definition) is 4. The number of ether oxygens (including phenoxy) is 2.